The average molecular weight is 354 g/mol. The van der Waals surface area contributed by atoms with Gasteiger partial charge < -0.3 is 5.32 Å². The van der Waals surface area contributed by atoms with E-state index in [1.807, 2.05) is 0 Å². The number of rotatable bonds is 3. The molecule has 1 aromatic rings. The largest absolute Gasteiger partial charge is 0.349 e. The smallest absolute Gasteiger partial charge is 0.253 e. The molecule has 130 valence electrons. The Hall–Kier alpha value is -1.16. The third kappa shape index (κ3) is 2.63. The summed E-state index contributed by atoms with van der Waals surface area (Å²) in [5, 5.41) is 2.98. The van der Waals surface area contributed by atoms with E-state index in [-0.39, 0.29) is 22.0 Å². The van der Waals surface area contributed by atoms with Crippen LogP contribution < -0.4 is 5.32 Å². The van der Waals surface area contributed by atoms with Crippen LogP contribution in [-0.2, 0) is 0 Å². The first-order chi connectivity index (χ1) is 11.4. The first-order valence-corrected chi connectivity index (χ1v) is 9.19. The van der Waals surface area contributed by atoms with Crippen LogP contribution in [0.5, 0.6) is 0 Å². The molecule has 5 heteroatoms. The molecule has 4 aliphatic rings. The minimum absolute atomic E-state index is 0.00662. The van der Waals surface area contributed by atoms with Crippen molar-refractivity contribution in [2.45, 2.75) is 51.5 Å². The molecule has 0 aromatic heterocycles. The van der Waals surface area contributed by atoms with Crippen molar-refractivity contribution in [1.82, 2.24) is 5.32 Å². The molecular formula is C19H22ClF2NO. The average Bonchev–Trinajstić information content (AvgIpc) is 2.49. The van der Waals surface area contributed by atoms with E-state index in [0.717, 1.165) is 29.9 Å². The summed E-state index contributed by atoms with van der Waals surface area (Å²) in [5.74, 6) is -0.118. The highest BCUT2D eigenvalue weighted by Gasteiger charge is 2.53. The van der Waals surface area contributed by atoms with E-state index >= 15 is 0 Å². The Morgan fingerprint density at radius 2 is 1.62 bits per heavy atom. The number of carbonyl (C=O) groups excluding carboxylic acids is 1. The van der Waals surface area contributed by atoms with Crippen molar-refractivity contribution in [3.05, 3.63) is 34.4 Å². The number of halogens is 3. The van der Waals surface area contributed by atoms with Crippen LogP contribution in [0, 0.1) is 34.8 Å². The standard InChI is InChI=1S/C19H22ClF2NO/c1-10(19-7-11-2-12(8-19)4-13(3-11)9-19)23-18(24)14-5-16(21)17(22)6-15(14)20/h5-6,10-13H,2-4,7-9H2,1H3,(H,23,24)/t10-,11?,12?,13?,19?/m0/s1. The summed E-state index contributed by atoms with van der Waals surface area (Å²) in [6.07, 6.45) is 7.54. The van der Waals surface area contributed by atoms with Gasteiger partial charge in [0, 0.05) is 6.04 Å². The maximum absolute atomic E-state index is 13.5. The summed E-state index contributed by atoms with van der Waals surface area (Å²) in [6, 6.07) is 1.77. The summed E-state index contributed by atoms with van der Waals surface area (Å²) < 4.78 is 26.7. The Kier molecular flexibility index (Phi) is 3.87. The van der Waals surface area contributed by atoms with Gasteiger partial charge in [-0.3, -0.25) is 4.79 Å². The van der Waals surface area contributed by atoms with Crippen LogP contribution in [0.4, 0.5) is 8.78 Å². The molecule has 0 unspecified atom stereocenters. The second kappa shape index (κ2) is 5.69. The van der Waals surface area contributed by atoms with Crippen LogP contribution in [0.3, 0.4) is 0 Å². The van der Waals surface area contributed by atoms with Gasteiger partial charge in [-0.25, -0.2) is 8.78 Å². The van der Waals surface area contributed by atoms with Gasteiger partial charge in [-0.2, -0.15) is 0 Å². The van der Waals surface area contributed by atoms with Gasteiger partial charge in [-0.1, -0.05) is 11.6 Å². The Morgan fingerprint density at radius 3 is 2.17 bits per heavy atom. The summed E-state index contributed by atoms with van der Waals surface area (Å²) in [5.41, 5.74) is 0.169. The molecule has 24 heavy (non-hydrogen) atoms. The highest BCUT2D eigenvalue weighted by atomic mass is 35.5. The lowest BCUT2D eigenvalue weighted by molar-refractivity contribution is -0.0688. The van der Waals surface area contributed by atoms with Crippen LogP contribution >= 0.6 is 11.6 Å². The molecule has 0 heterocycles. The molecule has 4 fully saturated rings. The molecule has 1 atom stereocenters. The van der Waals surface area contributed by atoms with Crippen LogP contribution in [0.15, 0.2) is 12.1 Å². The normalized spacial score (nSPS) is 35.1. The number of hydrogen-bond acceptors (Lipinski definition) is 1. The van der Waals surface area contributed by atoms with E-state index in [2.05, 4.69) is 12.2 Å². The summed E-state index contributed by atoms with van der Waals surface area (Å²) in [6.45, 7) is 2.05. The van der Waals surface area contributed by atoms with E-state index in [1.54, 1.807) is 0 Å². The van der Waals surface area contributed by atoms with E-state index < -0.39 is 17.5 Å². The molecule has 2 nitrogen and oxygen atoms in total. The third-order valence-corrected chi connectivity index (χ3v) is 6.92. The fraction of sp³-hybridized carbons (Fsp3) is 0.632. The number of nitrogens with one attached hydrogen (secondary N) is 1. The highest BCUT2D eigenvalue weighted by molar-refractivity contribution is 6.33. The Bertz CT molecular complexity index is 655. The van der Waals surface area contributed by atoms with Crippen molar-refractivity contribution in [3.63, 3.8) is 0 Å². The highest BCUT2D eigenvalue weighted by Crippen LogP contribution is 2.61. The first kappa shape index (κ1) is 16.3. The number of hydrogen-bond donors (Lipinski definition) is 1. The molecule has 4 saturated carbocycles. The Labute approximate surface area is 146 Å². The summed E-state index contributed by atoms with van der Waals surface area (Å²) >= 11 is 5.93. The molecule has 1 amide bonds. The summed E-state index contributed by atoms with van der Waals surface area (Å²) in [7, 11) is 0. The zero-order valence-corrected chi connectivity index (χ0v) is 14.5. The monoisotopic (exact) mass is 353 g/mol. The lowest BCUT2D eigenvalue weighted by Gasteiger charge is -2.59. The van der Waals surface area contributed by atoms with Crippen LogP contribution in [0.1, 0.15) is 55.8 Å². The number of benzene rings is 1. The predicted octanol–water partition coefficient (Wildman–Crippen LogP) is 4.95. The molecule has 0 spiro atoms. The van der Waals surface area contributed by atoms with Gasteiger partial charge in [0.15, 0.2) is 11.6 Å². The number of amides is 1. The Morgan fingerprint density at radius 1 is 1.12 bits per heavy atom. The summed E-state index contributed by atoms with van der Waals surface area (Å²) in [4.78, 5) is 12.5. The molecule has 0 saturated heterocycles. The van der Waals surface area contributed by atoms with E-state index in [4.69, 9.17) is 11.6 Å². The minimum atomic E-state index is -1.05. The van der Waals surface area contributed by atoms with Gasteiger partial charge in [0.05, 0.1) is 10.6 Å². The van der Waals surface area contributed by atoms with Gasteiger partial charge in [0.25, 0.3) is 5.91 Å². The molecule has 1 N–H and O–H groups in total. The van der Waals surface area contributed by atoms with Crippen molar-refractivity contribution in [3.8, 4) is 0 Å². The lowest BCUT2D eigenvalue weighted by atomic mass is 9.48. The van der Waals surface area contributed by atoms with Gasteiger partial charge in [0.1, 0.15) is 0 Å². The quantitative estimate of drug-likeness (QED) is 0.765. The van der Waals surface area contributed by atoms with Gasteiger partial charge >= 0.3 is 0 Å². The topological polar surface area (TPSA) is 29.1 Å². The van der Waals surface area contributed by atoms with Crippen molar-refractivity contribution < 1.29 is 13.6 Å². The number of carbonyl (C=O) groups is 1. The van der Waals surface area contributed by atoms with Crippen LogP contribution in [-0.4, -0.2) is 11.9 Å². The van der Waals surface area contributed by atoms with Crippen molar-refractivity contribution in [2.24, 2.45) is 23.2 Å². The fourth-order valence-corrected chi connectivity index (χ4v) is 6.07. The minimum Gasteiger partial charge on any atom is -0.349 e. The van der Waals surface area contributed by atoms with Gasteiger partial charge in [-0.05, 0) is 80.8 Å². The molecule has 4 bridgehead atoms. The predicted molar refractivity (Wildman–Crippen MR) is 88.9 cm³/mol. The van der Waals surface area contributed by atoms with E-state index in [9.17, 15) is 13.6 Å². The maximum Gasteiger partial charge on any atom is 0.253 e. The molecule has 0 radical (unpaired) electrons. The van der Waals surface area contributed by atoms with E-state index in [1.165, 1.54) is 38.5 Å². The zero-order valence-electron chi connectivity index (χ0n) is 13.7. The molecule has 5 rings (SSSR count). The fourth-order valence-electron chi connectivity index (χ4n) is 5.83. The van der Waals surface area contributed by atoms with Gasteiger partial charge in [-0.15, -0.1) is 0 Å². The second-order valence-corrected chi connectivity index (χ2v) is 8.63. The zero-order chi connectivity index (χ0) is 17.1. The van der Waals surface area contributed by atoms with Crippen molar-refractivity contribution in [1.29, 1.82) is 0 Å². The van der Waals surface area contributed by atoms with Crippen LogP contribution in [0.25, 0.3) is 0 Å². The first-order valence-electron chi connectivity index (χ1n) is 8.82. The maximum atomic E-state index is 13.5. The SMILES string of the molecule is C[C@H](NC(=O)c1cc(F)c(F)cc1Cl)C12CC3CC(CC(C3)C1)C2. The molecule has 4 aliphatic carbocycles. The van der Waals surface area contributed by atoms with Crippen molar-refractivity contribution >= 4 is 17.5 Å². The molecular weight excluding hydrogens is 332 g/mol. The molecule has 0 aliphatic heterocycles. The molecule has 1 aromatic carbocycles. The van der Waals surface area contributed by atoms with Crippen LogP contribution in [0.2, 0.25) is 5.02 Å². The lowest BCUT2D eigenvalue weighted by Crippen LogP contribution is -2.55. The Balaban J connectivity index is 1.53. The second-order valence-electron chi connectivity index (χ2n) is 8.22. The van der Waals surface area contributed by atoms with Gasteiger partial charge in [0.2, 0.25) is 0 Å². The van der Waals surface area contributed by atoms with Crippen molar-refractivity contribution in [2.75, 3.05) is 0 Å². The van der Waals surface area contributed by atoms with E-state index in [0.29, 0.717) is 0 Å². The third-order valence-electron chi connectivity index (χ3n) is 6.61.